The summed E-state index contributed by atoms with van der Waals surface area (Å²) in [5, 5.41) is 2.64. The number of hydrogen-bond acceptors (Lipinski definition) is 7. The van der Waals surface area contributed by atoms with Crippen LogP contribution in [0.3, 0.4) is 0 Å². The van der Waals surface area contributed by atoms with E-state index in [9.17, 15) is 14.4 Å². The third kappa shape index (κ3) is 8.47. The Morgan fingerprint density at radius 1 is 0.867 bits per heavy atom. The molecule has 0 aliphatic heterocycles. The number of nitrogens with one attached hydrogen (secondary N) is 1. The van der Waals surface area contributed by atoms with Crippen LogP contribution in [0.25, 0.3) is 6.08 Å². The predicted octanol–water partition coefficient (Wildman–Crippen LogP) is 3.53. The van der Waals surface area contributed by atoms with Crippen molar-refractivity contribution in [3.63, 3.8) is 0 Å². The van der Waals surface area contributed by atoms with Crippen molar-refractivity contribution in [1.29, 1.82) is 0 Å². The summed E-state index contributed by atoms with van der Waals surface area (Å²) in [5.74, 6) is -0.860. The SMILES string of the molecule is CC(=O)OCC(=Cc1ccc(NC(=O)OCc2ccc(N)cc2)cc1)COC(C)=O. The van der Waals surface area contributed by atoms with Crippen LogP contribution >= 0.6 is 0 Å². The fourth-order valence-electron chi connectivity index (χ4n) is 2.33. The van der Waals surface area contributed by atoms with E-state index in [4.69, 9.17) is 19.9 Å². The number of amides is 1. The highest BCUT2D eigenvalue weighted by molar-refractivity contribution is 5.84. The zero-order chi connectivity index (χ0) is 21.9. The van der Waals surface area contributed by atoms with E-state index in [0.717, 1.165) is 11.1 Å². The number of anilines is 2. The van der Waals surface area contributed by atoms with Gasteiger partial charge in [0.15, 0.2) is 0 Å². The van der Waals surface area contributed by atoms with Gasteiger partial charge in [-0.15, -0.1) is 0 Å². The summed E-state index contributed by atoms with van der Waals surface area (Å²) in [7, 11) is 0. The van der Waals surface area contributed by atoms with Gasteiger partial charge < -0.3 is 19.9 Å². The summed E-state index contributed by atoms with van der Waals surface area (Å²) in [6, 6.07) is 14.0. The fraction of sp³-hybridized carbons (Fsp3) is 0.227. The van der Waals surface area contributed by atoms with Gasteiger partial charge in [0.1, 0.15) is 19.8 Å². The average Bonchev–Trinajstić information content (AvgIpc) is 2.70. The Morgan fingerprint density at radius 3 is 1.97 bits per heavy atom. The molecule has 8 nitrogen and oxygen atoms in total. The van der Waals surface area contributed by atoms with Crippen molar-refractivity contribution in [1.82, 2.24) is 0 Å². The number of nitrogens with two attached hydrogens (primary N) is 1. The maximum Gasteiger partial charge on any atom is 0.411 e. The minimum atomic E-state index is -0.583. The van der Waals surface area contributed by atoms with Crippen LogP contribution in [0.4, 0.5) is 16.2 Å². The highest BCUT2D eigenvalue weighted by Crippen LogP contribution is 2.14. The molecule has 0 aromatic heterocycles. The van der Waals surface area contributed by atoms with Crippen LogP contribution in [-0.4, -0.2) is 31.2 Å². The Labute approximate surface area is 174 Å². The first kappa shape index (κ1) is 22.5. The first-order valence-corrected chi connectivity index (χ1v) is 9.16. The van der Waals surface area contributed by atoms with Crippen LogP contribution < -0.4 is 11.1 Å². The number of nitrogen functional groups attached to an aromatic ring is 1. The van der Waals surface area contributed by atoms with Crippen molar-refractivity contribution in [2.75, 3.05) is 24.3 Å². The molecule has 158 valence electrons. The molecular weight excluding hydrogens is 388 g/mol. The van der Waals surface area contributed by atoms with Gasteiger partial charge >= 0.3 is 18.0 Å². The first-order chi connectivity index (χ1) is 14.3. The quantitative estimate of drug-likeness (QED) is 0.387. The maximum absolute atomic E-state index is 11.9. The molecule has 0 atom stereocenters. The molecule has 2 aromatic rings. The monoisotopic (exact) mass is 412 g/mol. The molecule has 2 rings (SSSR count). The number of esters is 2. The Morgan fingerprint density at radius 2 is 1.43 bits per heavy atom. The molecule has 0 bridgehead atoms. The van der Waals surface area contributed by atoms with Gasteiger partial charge in [-0.1, -0.05) is 24.3 Å². The number of carbonyl (C=O) groups is 3. The summed E-state index contributed by atoms with van der Waals surface area (Å²) in [6.07, 6.45) is 1.16. The number of hydrogen-bond donors (Lipinski definition) is 2. The van der Waals surface area contributed by atoms with Gasteiger partial charge in [-0.3, -0.25) is 14.9 Å². The second-order valence-electron chi connectivity index (χ2n) is 6.43. The lowest BCUT2D eigenvalue weighted by molar-refractivity contribution is -0.141. The van der Waals surface area contributed by atoms with E-state index in [1.54, 1.807) is 54.6 Å². The summed E-state index contributed by atoms with van der Waals surface area (Å²) in [6.45, 7) is 2.76. The van der Waals surface area contributed by atoms with Crippen molar-refractivity contribution < 1.29 is 28.6 Å². The molecule has 2 aromatic carbocycles. The molecule has 0 fully saturated rings. The normalized spacial score (nSPS) is 9.93. The summed E-state index contributed by atoms with van der Waals surface area (Å²) >= 11 is 0. The predicted molar refractivity (Wildman–Crippen MR) is 112 cm³/mol. The van der Waals surface area contributed by atoms with E-state index in [1.165, 1.54) is 13.8 Å². The molecule has 30 heavy (non-hydrogen) atoms. The van der Waals surface area contributed by atoms with Crippen molar-refractivity contribution in [2.24, 2.45) is 0 Å². The van der Waals surface area contributed by atoms with E-state index in [0.29, 0.717) is 16.9 Å². The van der Waals surface area contributed by atoms with E-state index in [-0.39, 0.29) is 19.8 Å². The lowest BCUT2D eigenvalue weighted by Crippen LogP contribution is -2.13. The van der Waals surface area contributed by atoms with Crippen molar-refractivity contribution in [3.8, 4) is 0 Å². The lowest BCUT2D eigenvalue weighted by atomic mass is 10.1. The molecule has 8 heteroatoms. The van der Waals surface area contributed by atoms with Crippen LogP contribution in [0.15, 0.2) is 54.1 Å². The zero-order valence-electron chi connectivity index (χ0n) is 16.8. The Balaban J connectivity index is 1.93. The van der Waals surface area contributed by atoms with Gasteiger partial charge in [-0.25, -0.2) is 4.79 Å². The van der Waals surface area contributed by atoms with E-state index in [2.05, 4.69) is 5.32 Å². The number of benzene rings is 2. The third-order valence-electron chi connectivity index (χ3n) is 3.80. The van der Waals surface area contributed by atoms with Crippen LogP contribution in [-0.2, 0) is 30.4 Å². The number of rotatable bonds is 8. The summed E-state index contributed by atoms with van der Waals surface area (Å²) in [5.41, 5.74) is 9.04. The minimum Gasteiger partial charge on any atom is -0.461 e. The molecule has 3 N–H and O–H groups in total. The second kappa shape index (κ2) is 11.3. The zero-order valence-corrected chi connectivity index (χ0v) is 16.8. The van der Waals surface area contributed by atoms with Gasteiger partial charge in [-0.05, 0) is 41.5 Å². The van der Waals surface area contributed by atoms with Crippen LogP contribution in [0.5, 0.6) is 0 Å². The van der Waals surface area contributed by atoms with E-state index < -0.39 is 18.0 Å². The summed E-state index contributed by atoms with van der Waals surface area (Å²) < 4.78 is 15.1. The Kier molecular flexibility index (Phi) is 8.43. The Hall–Kier alpha value is -3.81. The number of ether oxygens (including phenoxy) is 3. The molecule has 0 saturated heterocycles. The van der Waals surface area contributed by atoms with Crippen molar-refractivity contribution in [2.45, 2.75) is 20.5 Å². The Bertz CT molecular complexity index is 884. The lowest BCUT2D eigenvalue weighted by Gasteiger charge is -2.09. The van der Waals surface area contributed by atoms with Crippen LogP contribution in [0.2, 0.25) is 0 Å². The number of carbonyl (C=O) groups excluding carboxylic acids is 3. The maximum atomic E-state index is 11.9. The smallest absolute Gasteiger partial charge is 0.411 e. The van der Waals surface area contributed by atoms with Gasteiger partial charge in [0, 0.05) is 30.8 Å². The first-order valence-electron chi connectivity index (χ1n) is 9.16. The van der Waals surface area contributed by atoms with E-state index in [1.807, 2.05) is 0 Å². The topological polar surface area (TPSA) is 117 Å². The van der Waals surface area contributed by atoms with Crippen molar-refractivity contribution in [3.05, 3.63) is 65.2 Å². The molecule has 0 aliphatic rings. The molecular formula is C22H24N2O6. The van der Waals surface area contributed by atoms with E-state index >= 15 is 0 Å². The molecule has 0 saturated carbocycles. The molecule has 0 spiro atoms. The molecule has 0 aliphatic carbocycles. The third-order valence-corrected chi connectivity index (χ3v) is 3.80. The summed E-state index contributed by atoms with van der Waals surface area (Å²) in [4.78, 5) is 34.0. The highest BCUT2D eigenvalue weighted by Gasteiger charge is 2.06. The van der Waals surface area contributed by atoms with Crippen molar-refractivity contribution >= 4 is 35.5 Å². The molecule has 0 unspecified atom stereocenters. The average molecular weight is 412 g/mol. The molecule has 1 amide bonds. The molecule has 0 radical (unpaired) electrons. The van der Waals surface area contributed by atoms with Crippen LogP contribution in [0.1, 0.15) is 25.0 Å². The minimum absolute atomic E-state index is 0.0140. The van der Waals surface area contributed by atoms with Gasteiger partial charge in [0.2, 0.25) is 0 Å². The fourth-order valence-corrected chi connectivity index (χ4v) is 2.33. The van der Waals surface area contributed by atoms with Crippen LogP contribution in [0, 0.1) is 0 Å². The largest absolute Gasteiger partial charge is 0.461 e. The van der Waals surface area contributed by atoms with Gasteiger partial charge in [0.25, 0.3) is 0 Å². The second-order valence-corrected chi connectivity index (χ2v) is 6.43. The molecule has 0 heterocycles. The van der Waals surface area contributed by atoms with Gasteiger partial charge in [0.05, 0.1) is 0 Å². The highest BCUT2D eigenvalue weighted by atomic mass is 16.6. The van der Waals surface area contributed by atoms with Gasteiger partial charge in [-0.2, -0.15) is 0 Å². The standard InChI is InChI=1S/C22H24N2O6/c1-15(25)28-13-19(14-29-16(2)26)11-17-5-9-21(10-6-17)24-22(27)30-12-18-3-7-20(23)8-4-18/h3-11H,12-14,23H2,1-2H3,(H,24,27).